The Bertz CT molecular complexity index is 1210. The molecule has 4 rings (SSSR count). The van der Waals surface area contributed by atoms with Crippen molar-refractivity contribution >= 4 is 11.6 Å². The van der Waals surface area contributed by atoms with Gasteiger partial charge in [0.15, 0.2) is 5.82 Å². The molecule has 0 atom stereocenters. The van der Waals surface area contributed by atoms with Crippen LogP contribution in [0.2, 0.25) is 0 Å². The Kier molecular flexibility index (Phi) is 5.09. The maximum absolute atomic E-state index is 14.4. The molecule has 2 aromatic heterocycles. The zero-order valence-corrected chi connectivity index (χ0v) is 16.8. The molecule has 4 aromatic rings. The average Bonchev–Trinajstić information content (AvgIpc) is 3.27. The first kappa shape index (κ1) is 19.4. The van der Waals surface area contributed by atoms with E-state index >= 15 is 0 Å². The molecule has 0 fully saturated rings. The second kappa shape index (κ2) is 7.86. The van der Waals surface area contributed by atoms with Gasteiger partial charge in [-0.1, -0.05) is 30.3 Å². The fraction of sp³-hybridized carbons (Fsp3) is 0.190. The van der Waals surface area contributed by atoms with E-state index in [4.69, 9.17) is 0 Å². The van der Waals surface area contributed by atoms with Crippen LogP contribution in [-0.2, 0) is 6.54 Å². The number of hydrogen-bond donors (Lipinski definition) is 1. The van der Waals surface area contributed by atoms with Crippen LogP contribution in [0.5, 0.6) is 0 Å². The zero-order chi connectivity index (χ0) is 21.3. The van der Waals surface area contributed by atoms with E-state index in [1.807, 2.05) is 37.3 Å². The summed E-state index contributed by atoms with van der Waals surface area (Å²) in [5, 5.41) is 18.4. The number of halogens is 1. The van der Waals surface area contributed by atoms with Crippen molar-refractivity contribution in [3.05, 3.63) is 82.7 Å². The highest BCUT2D eigenvalue weighted by molar-refractivity contribution is 6.06. The first-order valence-electron chi connectivity index (χ1n) is 9.38. The normalized spacial score (nSPS) is 10.9. The highest BCUT2D eigenvalue weighted by atomic mass is 19.1. The molecule has 8 nitrogen and oxygen atoms in total. The third kappa shape index (κ3) is 3.69. The van der Waals surface area contributed by atoms with Gasteiger partial charge in [-0.2, -0.15) is 9.78 Å². The summed E-state index contributed by atoms with van der Waals surface area (Å²) in [6.07, 6.45) is 0. The number of nitrogens with one attached hydrogen (secondary N) is 1. The van der Waals surface area contributed by atoms with Gasteiger partial charge >= 0.3 is 0 Å². The molecule has 0 aliphatic heterocycles. The number of carbonyl (C=O) groups is 1. The number of carbonyl (C=O) groups excluding carboxylic acids is 1. The fourth-order valence-electron chi connectivity index (χ4n) is 3.33. The van der Waals surface area contributed by atoms with Crippen LogP contribution in [0.15, 0.2) is 48.5 Å². The average molecular weight is 405 g/mol. The van der Waals surface area contributed by atoms with E-state index in [9.17, 15) is 9.18 Å². The van der Waals surface area contributed by atoms with Gasteiger partial charge in [-0.25, -0.2) is 4.39 Å². The van der Waals surface area contributed by atoms with E-state index in [1.54, 1.807) is 24.6 Å². The van der Waals surface area contributed by atoms with Gasteiger partial charge in [-0.3, -0.25) is 9.48 Å². The van der Waals surface area contributed by atoms with Gasteiger partial charge in [-0.05, 0) is 55.0 Å². The van der Waals surface area contributed by atoms with Crippen LogP contribution in [0.1, 0.15) is 33.1 Å². The van der Waals surface area contributed by atoms with Crippen LogP contribution in [0, 0.1) is 26.6 Å². The molecule has 30 heavy (non-hydrogen) atoms. The van der Waals surface area contributed by atoms with E-state index in [2.05, 4.69) is 25.9 Å². The predicted octanol–water partition coefficient (Wildman–Crippen LogP) is 3.22. The van der Waals surface area contributed by atoms with Crippen molar-refractivity contribution in [1.82, 2.24) is 30.0 Å². The molecule has 0 aliphatic carbocycles. The molecule has 0 radical (unpaired) electrons. The number of benzene rings is 2. The minimum atomic E-state index is -0.551. The van der Waals surface area contributed by atoms with Crippen LogP contribution in [0.3, 0.4) is 0 Å². The number of anilines is 1. The van der Waals surface area contributed by atoms with Gasteiger partial charge in [0.25, 0.3) is 5.91 Å². The van der Waals surface area contributed by atoms with E-state index < -0.39 is 11.7 Å². The lowest BCUT2D eigenvalue weighted by Gasteiger charge is -2.10. The first-order chi connectivity index (χ1) is 14.4. The molecule has 152 valence electrons. The largest absolute Gasteiger partial charge is 0.319 e. The zero-order valence-electron chi connectivity index (χ0n) is 16.8. The third-order valence-electron chi connectivity index (χ3n) is 4.85. The summed E-state index contributed by atoms with van der Waals surface area (Å²) in [7, 11) is 0. The Hall–Kier alpha value is -3.88. The molecule has 2 aromatic carbocycles. The van der Waals surface area contributed by atoms with Crippen LogP contribution >= 0.6 is 0 Å². The second-order valence-corrected chi connectivity index (χ2v) is 6.95. The van der Waals surface area contributed by atoms with Crippen molar-refractivity contribution < 1.29 is 9.18 Å². The summed E-state index contributed by atoms with van der Waals surface area (Å²) < 4.78 is 17.6. The van der Waals surface area contributed by atoms with Gasteiger partial charge in [0, 0.05) is 5.69 Å². The Morgan fingerprint density at radius 1 is 1.10 bits per heavy atom. The summed E-state index contributed by atoms with van der Waals surface area (Å²) in [5.74, 6) is -0.425. The first-order valence-corrected chi connectivity index (χ1v) is 9.38. The number of hydrogen-bond acceptors (Lipinski definition) is 5. The highest BCUT2D eigenvalue weighted by Crippen LogP contribution is 2.22. The Balaban J connectivity index is 1.61. The number of amides is 1. The molecular weight excluding hydrogens is 385 g/mol. The van der Waals surface area contributed by atoms with Crippen molar-refractivity contribution in [2.75, 3.05) is 5.32 Å². The van der Waals surface area contributed by atoms with Crippen molar-refractivity contribution in [1.29, 1.82) is 0 Å². The second-order valence-electron chi connectivity index (χ2n) is 6.95. The Morgan fingerprint density at radius 3 is 2.57 bits per heavy atom. The van der Waals surface area contributed by atoms with Gasteiger partial charge in [0.1, 0.15) is 5.82 Å². The van der Waals surface area contributed by atoms with Crippen LogP contribution in [-0.4, -0.2) is 35.9 Å². The molecule has 0 bridgehead atoms. The Morgan fingerprint density at radius 2 is 1.87 bits per heavy atom. The molecule has 0 spiro atoms. The van der Waals surface area contributed by atoms with Crippen molar-refractivity contribution in [2.24, 2.45) is 0 Å². The number of tetrazole rings is 1. The number of nitrogens with zero attached hydrogens (tertiary/aromatic N) is 6. The van der Waals surface area contributed by atoms with Crippen molar-refractivity contribution in [3.63, 3.8) is 0 Å². The molecule has 0 saturated carbocycles. The molecular formula is C21H20FN7O. The number of rotatable bonds is 5. The van der Waals surface area contributed by atoms with E-state index in [1.165, 1.54) is 16.8 Å². The smallest absolute Gasteiger partial charge is 0.259 e. The molecule has 2 heterocycles. The van der Waals surface area contributed by atoms with Gasteiger partial charge < -0.3 is 5.32 Å². The van der Waals surface area contributed by atoms with Crippen molar-refractivity contribution in [2.45, 2.75) is 27.3 Å². The lowest BCUT2D eigenvalue weighted by molar-refractivity contribution is 0.102. The monoisotopic (exact) mass is 405 g/mol. The van der Waals surface area contributed by atoms with Crippen LogP contribution in [0.25, 0.3) is 5.69 Å². The lowest BCUT2D eigenvalue weighted by atomic mass is 10.1. The summed E-state index contributed by atoms with van der Waals surface area (Å²) in [5.41, 5.74) is 3.37. The molecule has 9 heteroatoms. The molecule has 0 saturated heterocycles. The maximum atomic E-state index is 14.4. The Labute approximate surface area is 172 Å². The standard InChI is InChI=1S/C21H20FN7O/c1-13-20(14(2)28(25-13)12-16-7-5-4-6-8-16)21(30)23-19-11-17(9-10-18(19)22)29-15(3)24-26-27-29/h4-11H,12H2,1-3H3,(H,23,30). The van der Waals surface area contributed by atoms with Crippen LogP contribution < -0.4 is 5.32 Å². The van der Waals surface area contributed by atoms with E-state index in [-0.39, 0.29) is 5.69 Å². The minimum absolute atomic E-state index is 0.0435. The quantitative estimate of drug-likeness (QED) is 0.551. The van der Waals surface area contributed by atoms with E-state index in [0.29, 0.717) is 35.0 Å². The van der Waals surface area contributed by atoms with E-state index in [0.717, 1.165) is 5.56 Å². The van der Waals surface area contributed by atoms with Gasteiger partial charge in [-0.15, -0.1) is 5.10 Å². The summed E-state index contributed by atoms with van der Waals surface area (Å²) in [6.45, 7) is 5.87. The van der Waals surface area contributed by atoms with Crippen LogP contribution in [0.4, 0.5) is 10.1 Å². The summed E-state index contributed by atoms with van der Waals surface area (Å²) in [4.78, 5) is 13.0. The maximum Gasteiger partial charge on any atom is 0.259 e. The number of aryl methyl sites for hydroxylation is 2. The molecule has 0 unspecified atom stereocenters. The van der Waals surface area contributed by atoms with Gasteiger partial charge in [0.2, 0.25) is 0 Å². The molecule has 0 aliphatic rings. The SMILES string of the molecule is Cc1nn(Cc2ccccc2)c(C)c1C(=O)Nc1cc(-n2nnnc2C)ccc1F. The molecule has 1 N–H and O–H groups in total. The predicted molar refractivity (Wildman–Crippen MR) is 109 cm³/mol. The van der Waals surface area contributed by atoms with Crippen molar-refractivity contribution in [3.8, 4) is 5.69 Å². The highest BCUT2D eigenvalue weighted by Gasteiger charge is 2.20. The fourth-order valence-corrected chi connectivity index (χ4v) is 3.33. The van der Waals surface area contributed by atoms with Gasteiger partial charge in [0.05, 0.1) is 29.2 Å². The third-order valence-corrected chi connectivity index (χ3v) is 4.85. The molecule has 1 amide bonds. The summed E-state index contributed by atoms with van der Waals surface area (Å²) >= 11 is 0. The lowest BCUT2D eigenvalue weighted by Crippen LogP contribution is -2.16. The topological polar surface area (TPSA) is 90.5 Å². The minimum Gasteiger partial charge on any atom is -0.319 e. The summed E-state index contributed by atoms with van der Waals surface area (Å²) in [6, 6.07) is 14.2. The number of aromatic nitrogens is 6.